The molecule has 4 heteroatoms. The highest BCUT2D eigenvalue weighted by molar-refractivity contribution is 5.76. The molecule has 0 fully saturated rings. The van der Waals surface area contributed by atoms with Gasteiger partial charge in [0.05, 0.1) is 23.8 Å². The first-order valence-corrected chi connectivity index (χ1v) is 10.3. The molecule has 0 atom stereocenters. The van der Waals surface area contributed by atoms with Crippen molar-refractivity contribution in [2.24, 2.45) is 0 Å². The minimum absolute atomic E-state index is 0.00639. The van der Waals surface area contributed by atoms with Gasteiger partial charge < -0.3 is 4.74 Å². The molecule has 152 valence electrons. The molecule has 0 saturated heterocycles. The van der Waals surface area contributed by atoms with Crippen molar-refractivity contribution in [1.29, 1.82) is 0 Å². The Balaban J connectivity index is 1.35. The van der Waals surface area contributed by atoms with Gasteiger partial charge in [-0.05, 0) is 41.8 Å². The number of hydrogen-bond donors (Lipinski definition) is 0. The number of nitrogens with zero attached hydrogens (tertiary/aromatic N) is 2. The average molecular weight is 399 g/mol. The standard InChI is InChI=1S/C26H26N2O2/c1-26(2,20-9-4-3-5-10-20)21-13-15-22(16-14-21)30-18-8-17-28-19-27-24-12-7-6-11-23(24)25(28)29/h3-7,9-16,19H,8,17-18H2,1-2H3. The maximum absolute atomic E-state index is 12.5. The Kier molecular flexibility index (Phi) is 5.66. The van der Waals surface area contributed by atoms with Crippen molar-refractivity contribution in [1.82, 2.24) is 9.55 Å². The van der Waals surface area contributed by atoms with Crippen LogP contribution in [0.2, 0.25) is 0 Å². The summed E-state index contributed by atoms with van der Waals surface area (Å²) in [5.74, 6) is 0.839. The second-order valence-corrected chi connectivity index (χ2v) is 7.98. The highest BCUT2D eigenvalue weighted by Gasteiger charge is 2.22. The van der Waals surface area contributed by atoms with E-state index in [9.17, 15) is 4.79 Å². The van der Waals surface area contributed by atoms with Crippen molar-refractivity contribution < 1.29 is 4.74 Å². The Labute approximate surface area is 176 Å². The van der Waals surface area contributed by atoms with Gasteiger partial charge in [-0.3, -0.25) is 9.36 Å². The lowest BCUT2D eigenvalue weighted by atomic mass is 9.78. The average Bonchev–Trinajstić information content (AvgIpc) is 2.79. The number of para-hydroxylation sites is 1. The summed E-state index contributed by atoms with van der Waals surface area (Å²) in [6, 6.07) is 26.2. The third-order valence-electron chi connectivity index (χ3n) is 5.62. The third kappa shape index (κ3) is 4.13. The van der Waals surface area contributed by atoms with E-state index in [1.54, 1.807) is 10.9 Å². The van der Waals surface area contributed by atoms with E-state index < -0.39 is 0 Å². The molecular weight excluding hydrogens is 372 g/mol. The second-order valence-electron chi connectivity index (χ2n) is 7.98. The quantitative estimate of drug-likeness (QED) is 0.402. The zero-order valence-corrected chi connectivity index (χ0v) is 17.4. The van der Waals surface area contributed by atoms with Crippen LogP contribution in [-0.4, -0.2) is 16.2 Å². The minimum atomic E-state index is -0.0654. The van der Waals surface area contributed by atoms with Gasteiger partial charge in [0.2, 0.25) is 0 Å². The summed E-state index contributed by atoms with van der Waals surface area (Å²) < 4.78 is 7.54. The topological polar surface area (TPSA) is 44.1 Å². The van der Waals surface area contributed by atoms with E-state index in [1.165, 1.54) is 11.1 Å². The van der Waals surface area contributed by atoms with Gasteiger partial charge in [-0.15, -0.1) is 0 Å². The number of hydrogen-bond acceptors (Lipinski definition) is 3. The summed E-state index contributed by atoms with van der Waals surface area (Å²) in [5.41, 5.74) is 3.19. The molecule has 1 aromatic heterocycles. The molecule has 0 radical (unpaired) electrons. The molecule has 0 saturated carbocycles. The smallest absolute Gasteiger partial charge is 0.261 e. The first kappa shape index (κ1) is 19.9. The van der Waals surface area contributed by atoms with Crippen molar-refractivity contribution in [2.45, 2.75) is 32.2 Å². The minimum Gasteiger partial charge on any atom is -0.494 e. The lowest BCUT2D eigenvalue weighted by Gasteiger charge is -2.26. The van der Waals surface area contributed by atoms with E-state index in [0.29, 0.717) is 18.5 Å². The van der Waals surface area contributed by atoms with Crippen molar-refractivity contribution in [2.75, 3.05) is 6.61 Å². The molecular formula is C26H26N2O2. The molecule has 0 aliphatic heterocycles. The van der Waals surface area contributed by atoms with E-state index in [1.807, 2.05) is 42.5 Å². The number of ether oxygens (including phenoxy) is 1. The highest BCUT2D eigenvalue weighted by atomic mass is 16.5. The van der Waals surface area contributed by atoms with E-state index in [-0.39, 0.29) is 11.0 Å². The maximum Gasteiger partial charge on any atom is 0.261 e. The Morgan fingerprint density at radius 1 is 0.867 bits per heavy atom. The lowest BCUT2D eigenvalue weighted by molar-refractivity contribution is 0.300. The molecule has 4 aromatic rings. The fourth-order valence-corrected chi connectivity index (χ4v) is 3.68. The van der Waals surface area contributed by atoms with Crippen molar-refractivity contribution >= 4 is 10.9 Å². The van der Waals surface area contributed by atoms with E-state index in [4.69, 9.17) is 4.74 Å². The molecule has 4 rings (SSSR count). The summed E-state index contributed by atoms with van der Waals surface area (Å²) in [7, 11) is 0. The zero-order valence-electron chi connectivity index (χ0n) is 17.4. The third-order valence-corrected chi connectivity index (χ3v) is 5.62. The number of aromatic nitrogens is 2. The van der Waals surface area contributed by atoms with Gasteiger partial charge in [-0.25, -0.2) is 4.98 Å². The predicted octanol–water partition coefficient (Wildman–Crippen LogP) is 5.19. The molecule has 0 aliphatic rings. The van der Waals surface area contributed by atoms with E-state index in [2.05, 4.69) is 55.2 Å². The summed E-state index contributed by atoms with van der Waals surface area (Å²) in [6.07, 6.45) is 2.35. The predicted molar refractivity (Wildman–Crippen MR) is 121 cm³/mol. The fraction of sp³-hybridized carbons (Fsp3) is 0.231. The molecule has 0 aliphatic carbocycles. The number of fused-ring (bicyclic) bond motifs is 1. The molecule has 0 spiro atoms. The van der Waals surface area contributed by atoms with Gasteiger partial charge in [-0.1, -0.05) is 68.4 Å². The van der Waals surface area contributed by atoms with Crippen molar-refractivity contribution in [3.05, 3.63) is 107 Å². The molecule has 0 N–H and O–H groups in total. The highest BCUT2D eigenvalue weighted by Crippen LogP contribution is 2.32. The van der Waals surface area contributed by atoms with Crippen LogP contribution < -0.4 is 10.3 Å². The van der Waals surface area contributed by atoms with E-state index >= 15 is 0 Å². The van der Waals surface area contributed by atoms with Gasteiger partial charge in [0, 0.05) is 12.0 Å². The molecule has 30 heavy (non-hydrogen) atoms. The largest absolute Gasteiger partial charge is 0.494 e. The Hall–Kier alpha value is -3.40. The van der Waals surface area contributed by atoms with Crippen LogP contribution in [0.5, 0.6) is 5.75 Å². The van der Waals surface area contributed by atoms with Gasteiger partial charge in [0.25, 0.3) is 5.56 Å². The summed E-state index contributed by atoms with van der Waals surface area (Å²) in [6.45, 7) is 5.58. The zero-order chi connectivity index (χ0) is 21.0. The van der Waals surface area contributed by atoms with Crippen molar-refractivity contribution in [3.8, 4) is 5.75 Å². The van der Waals surface area contributed by atoms with Crippen LogP contribution in [0.3, 0.4) is 0 Å². The van der Waals surface area contributed by atoms with Crippen LogP contribution in [0.25, 0.3) is 10.9 Å². The normalized spacial score (nSPS) is 11.5. The fourth-order valence-electron chi connectivity index (χ4n) is 3.68. The van der Waals surface area contributed by atoms with Gasteiger partial charge in [-0.2, -0.15) is 0 Å². The Bertz CT molecular complexity index is 1180. The van der Waals surface area contributed by atoms with Gasteiger partial charge >= 0.3 is 0 Å². The monoisotopic (exact) mass is 398 g/mol. The molecule has 3 aromatic carbocycles. The van der Waals surface area contributed by atoms with Crippen molar-refractivity contribution in [3.63, 3.8) is 0 Å². The summed E-state index contributed by atoms with van der Waals surface area (Å²) >= 11 is 0. The van der Waals surface area contributed by atoms with Gasteiger partial charge in [0.15, 0.2) is 0 Å². The molecule has 1 heterocycles. The van der Waals surface area contributed by atoms with Crippen LogP contribution in [0.4, 0.5) is 0 Å². The molecule has 0 unspecified atom stereocenters. The SMILES string of the molecule is CC(C)(c1ccccc1)c1ccc(OCCCn2cnc3ccccc3c2=O)cc1. The van der Waals surface area contributed by atoms with Crippen LogP contribution in [0.15, 0.2) is 90.0 Å². The number of benzene rings is 3. The number of aryl methyl sites for hydroxylation is 1. The molecule has 0 amide bonds. The Morgan fingerprint density at radius 2 is 1.53 bits per heavy atom. The first-order chi connectivity index (χ1) is 14.6. The number of rotatable bonds is 7. The Morgan fingerprint density at radius 3 is 2.30 bits per heavy atom. The summed E-state index contributed by atoms with van der Waals surface area (Å²) in [5, 5.41) is 0.650. The first-order valence-electron chi connectivity index (χ1n) is 10.3. The van der Waals surface area contributed by atoms with Gasteiger partial charge in [0.1, 0.15) is 5.75 Å². The second kappa shape index (κ2) is 8.54. The lowest BCUT2D eigenvalue weighted by Crippen LogP contribution is -2.21. The van der Waals surface area contributed by atoms with Crippen LogP contribution in [0.1, 0.15) is 31.4 Å². The molecule has 0 bridgehead atoms. The van der Waals surface area contributed by atoms with Crippen LogP contribution >= 0.6 is 0 Å². The molecule has 4 nitrogen and oxygen atoms in total. The summed E-state index contributed by atoms with van der Waals surface area (Å²) in [4.78, 5) is 16.9. The van der Waals surface area contributed by atoms with E-state index in [0.717, 1.165) is 17.7 Å². The van der Waals surface area contributed by atoms with Crippen LogP contribution in [-0.2, 0) is 12.0 Å². The van der Waals surface area contributed by atoms with Crippen LogP contribution in [0, 0.1) is 0 Å². The maximum atomic E-state index is 12.5.